The summed E-state index contributed by atoms with van der Waals surface area (Å²) >= 11 is 6.29. The summed E-state index contributed by atoms with van der Waals surface area (Å²) in [6.45, 7) is 18.9. The first kappa shape index (κ1) is 81.1. The number of anilines is 5. The number of fused-ring (bicyclic) bond motifs is 26. The lowest BCUT2D eigenvalue weighted by molar-refractivity contribution is 0.563. The highest BCUT2D eigenvalue weighted by Crippen LogP contribution is 2.66. The average Bonchev–Trinajstić information content (AvgIpc) is 1.54. The lowest BCUT2D eigenvalue weighted by Crippen LogP contribution is -2.40. The predicted octanol–water partition coefficient (Wildman–Crippen LogP) is 34.5. The maximum Gasteiger partial charge on any atom is 0.0719 e. The molecule has 133 heavy (non-hydrogen) atoms. The largest absolute Gasteiger partial charge is 0.356 e. The molecule has 0 fully saturated rings. The van der Waals surface area contributed by atoms with E-state index >= 15 is 0 Å². The quantitative estimate of drug-likeness (QED) is 0.155. The van der Waals surface area contributed by atoms with Crippen LogP contribution in [0.4, 0.5) is 28.4 Å². The Bertz CT molecular complexity index is 8000. The summed E-state index contributed by atoms with van der Waals surface area (Å²) in [6.07, 6.45) is 0. The van der Waals surface area contributed by atoms with Crippen molar-refractivity contribution >= 4 is 61.6 Å². The van der Waals surface area contributed by atoms with Gasteiger partial charge < -0.3 is 10.2 Å². The Morgan fingerprint density at radius 1 is 0.180 bits per heavy atom. The Labute approximate surface area is 785 Å². The standard InChI is InChI=1S/C65H49N.C38H27Cl.C27H23N/c1-63(2)54-22-10-8-19-51(54)52-38-37-49(41-61(52)63)66(47-34-31-43(32-35-47)42-17-6-5-7-18-42)48-36-33-44-39-46(30-29-45(44)40-48)50-21-16-28-60-62(50)53-20-9-11-23-55(53)65(60)58-26-14-12-24-56(58)64(3,4)57-25-13-15-27-59(57)65;1-37(2)31-13-5-7-15-33(31)38(34-16-8-6-14-32(34)37)30-12-4-3-10-29(30)36-28(11-9-17-35(36)38)26-19-18-25-23-27(39)21-20-24(25)22-26;1-27(2)25-11-7-6-10-23(25)24-17-16-22(18-26(24)27)28-21-14-12-20(13-15-21)19-8-4-3-5-9-19/h5-41H,1-4H3;3-23H,1-2H3;3-18,28H,1-2H3. The molecule has 20 aromatic carbocycles. The summed E-state index contributed by atoms with van der Waals surface area (Å²) in [7, 11) is 0. The highest BCUT2D eigenvalue weighted by molar-refractivity contribution is 6.31. The van der Waals surface area contributed by atoms with E-state index in [4.69, 9.17) is 11.6 Å². The van der Waals surface area contributed by atoms with Gasteiger partial charge in [0.1, 0.15) is 0 Å². The van der Waals surface area contributed by atoms with Gasteiger partial charge in [-0.25, -0.2) is 0 Å². The molecule has 0 aliphatic heterocycles. The van der Waals surface area contributed by atoms with E-state index in [0.29, 0.717) is 0 Å². The van der Waals surface area contributed by atoms with Gasteiger partial charge in [0.15, 0.2) is 0 Å². The number of nitrogens with one attached hydrogen (secondary N) is 1. The van der Waals surface area contributed by atoms with Gasteiger partial charge in [0.05, 0.1) is 10.8 Å². The van der Waals surface area contributed by atoms with Gasteiger partial charge in [0, 0.05) is 55.1 Å². The molecule has 0 radical (unpaired) electrons. The molecule has 0 heterocycles. The molecule has 1 N–H and O–H groups in total. The third-order valence-corrected chi connectivity index (χ3v) is 30.8. The van der Waals surface area contributed by atoms with Crippen LogP contribution in [0.25, 0.3) is 111 Å². The maximum absolute atomic E-state index is 6.29. The van der Waals surface area contributed by atoms with E-state index in [-0.39, 0.29) is 27.1 Å². The van der Waals surface area contributed by atoms with Crippen molar-refractivity contribution < 1.29 is 0 Å². The molecule has 0 saturated heterocycles. The van der Waals surface area contributed by atoms with Crippen molar-refractivity contribution in [3.8, 4) is 89.0 Å². The molecule has 20 aromatic rings. The third-order valence-electron chi connectivity index (χ3n) is 30.6. The van der Waals surface area contributed by atoms with Crippen molar-refractivity contribution in [3.63, 3.8) is 0 Å². The van der Waals surface area contributed by atoms with Crippen LogP contribution in [-0.2, 0) is 32.5 Å². The van der Waals surface area contributed by atoms with E-state index in [2.05, 4.69) is 496 Å². The lowest BCUT2D eigenvalue weighted by atomic mass is 9.55. The number of nitrogens with zero attached hydrogens (tertiary/aromatic N) is 1. The second-order valence-electron chi connectivity index (χ2n) is 39.1. The Balaban J connectivity index is 0.000000122. The van der Waals surface area contributed by atoms with Crippen molar-refractivity contribution in [2.75, 3.05) is 10.2 Å². The van der Waals surface area contributed by atoms with Gasteiger partial charge >= 0.3 is 0 Å². The molecule has 0 aromatic heterocycles. The van der Waals surface area contributed by atoms with Gasteiger partial charge in [-0.05, 0) is 285 Å². The SMILES string of the molecule is CC1(C)c2ccccc2-c2ccc(N(c3ccc(-c4ccccc4)cc3)c3ccc4cc(-c5cccc6c5-c5ccccc5C65c6ccccc6C(C)(C)c6ccccc65)ccc4c3)cc21.CC1(C)c2ccccc2-c2ccc(Nc3ccc(-c4ccccc4)cc3)cc21.CC1(C)c2ccccc2C2(c3ccccc3-c3c(-c4ccc5cc(Cl)ccc5c4)cccc32)c2ccccc21. The fourth-order valence-corrected chi connectivity index (χ4v) is 24.4. The Morgan fingerprint density at radius 2 is 0.474 bits per heavy atom. The van der Waals surface area contributed by atoms with Gasteiger partial charge in [-0.3, -0.25) is 0 Å². The molecule has 6 aliphatic carbocycles. The molecule has 0 amide bonds. The highest BCUT2D eigenvalue weighted by Gasteiger charge is 2.56. The van der Waals surface area contributed by atoms with Crippen LogP contribution in [0.15, 0.2) is 449 Å². The fraction of sp³-hybridized carbons (Fsp3) is 0.108. The highest BCUT2D eigenvalue weighted by atomic mass is 35.5. The smallest absolute Gasteiger partial charge is 0.0719 e. The number of hydrogen-bond donors (Lipinski definition) is 1. The normalized spacial score (nSPS) is 14.9. The van der Waals surface area contributed by atoms with Gasteiger partial charge in [0.2, 0.25) is 0 Å². The maximum atomic E-state index is 6.29. The summed E-state index contributed by atoms with van der Waals surface area (Å²) in [4.78, 5) is 2.43. The summed E-state index contributed by atoms with van der Waals surface area (Å²) in [6, 6.07) is 166. The zero-order valence-corrected chi connectivity index (χ0v) is 76.8. The monoisotopic (exact) mass is 1720 g/mol. The molecule has 2 spiro atoms. The van der Waals surface area contributed by atoms with Gasteiger partial charge in [0.25, 0.3) is 0 Å². The Hall–Kier alpha value is -15.2. The summed E-state index contributed by atoms with van der Waals surface area (Å²) in [5.74, 6) is 0. The summed E-state index contributed by atoms with van der Waals surface area (Å²) < 4.78 is 0. The minimum Gasteiger partial charge on any atom is -0.356 e. The molecule has 3 heteroatoms. The minimum atomic E-state index is -0.422. The second kappa shape index (κ2) is 31.0. The van der Waals surface area contributed by atoms with Crippen molar-refractivity contribution in [1.29, 1.82) is 0 Å². The number of benzene rings is 20. The zero-order chi connectivity index (χ0) is 89.9. The van der Waals surface area contributed by atoms with Crippen LogP contribution < -0.4 is 10.2 Å². The zero-order valence-electron chi connectivity index (χ0n) is 76.0. The third kappa shape index (κ3) is 12.5. The van der Waals surface area contributed by atoms with Gasteiger partial charge in [-0.1, -0.05) is 431 Å². The first-order valence-electron chi connectivity index (χ1n) is 46.9. The minimum absolute atomic E-state index is 0.0286. The van der Waals surface area contributed by atoms with Crippen molar-refractivity contribution in [2.24, 2.45) is 0 Å². The van der Waals surface area contributed by atoms with Crippen LogP contribution in [0.5, 0.6) is 0 Å². The van der Waals surface area contributed by atoms with E-state index in [1.165, 1.54) is 194 Å². The molecule has 26 rings (SSSR count). The second-order valence-corrected chi connectivity index (χ2v) is 39.5. The number of rotatable bonds is 9. The first-order valence-corrected chi connectivity index (χ1v) is 47.2. The molecule has 2 nitrogen and oxygen atoms in total. The van der Waals surface area contributed by atoms with Crippen LogP contribution in [0, 0.1) is 0 Å². The molecular formula is C130H99ClN2. The van der Waals surface area contributed by atoms with E-state index in [1.54, 1.807) is 0 Å². The molecule has 0 bridgehead atoms. The first-order chi connectivity index (χ1) is 64.9. The topological polar surface area (TPSA) is 15.3 Å². The van der Waals surface area contributed by atoms with E-state index < -0.39 is 5.41 Å². The van der Waals surface area contributed by atoms with Crippen LogP contribution in [-0.4, -0.2) is 0 Å². The van der Waals surface area contributed by atoms with E-state index in [0.717, 1.165) is 38.8 Å². The van der Waals surface area contributed by atoms with Gasteiger partial charge in [-0.15, -0.1) is 0 Å². The fourth-order valence-electron chi connectivity index (χ4n) is 24.3. The summed E-state index contributed by atoms with van der Waals surface area (Å²) in [5.41, 5.74) is 47.3. The number of hydrogen-bond acceptors (Lipinski definition) is 2. The summed E-state index contributed by atoms with van der Waals surface area (Å²) in [5, 5.41) is 9.13. The van der Waals surface area contributed by atoms with Crippen molar-refractivity contribution in [3.05, 3.63) is 543 Å². The lowest BCUT2D eigenvalue weighted by Gasteiger charge is -2.46. The Morgan fingerprint density at radius 3 is 0.940 bits per heavy atom. The molecule has 0 unspecified atom stereocenters. The van der Waals surface area contributed by atoms with Crippen molar-refractivity contribution in [2.45, 2.75) is 87.9 Å². The molecular weight excluding hydrogens is 1620 g/mol. The van der Waals surface area contributed by atoms with Gasteiger partial charge in [-0.2, -0.15) is 0 Å². The van der Waals surface area contributed by atoms with Crippen LogP contribution >= 0.6 is 11.6 Å². The van der Waals surface area contributed by atoms with Crippen LogP contribution in [0.2, 0.25) is 5.02 Å². The van der Waals surface area contributed by atoms with Crippen molar-refractivity contribution in [1.82, 2.24) is 0 Å². The number of halogens is 1. The average molecular weight is 1720 g/mol. The van der Waals surface area contributed by atoms with E-state index in [9.17, 15) is 0 Å². The van der Waals surface area contributed by atoms with E-state index in [1.807, 2.05) is 18.2 Å². The van der Waals surface area contributed by atoms with Crippen LogP contribution in [0.3, 0.4) is 0 Å². The predicted molar refractivity (Wildman–Crippen MR) is 559 cm³/mol. The molecule has 0 atom stereocenters. The molecule has 0 saturated carbocycles. The van der Waals surface area contributed by atoms with Crippen LogP contribution in [0.1, 0.15) is 144 Å². The molecule has 6 aliphatic rings. The molecule has 636 valence electrons. The Kier molecular flexibility index (Phi) is 18.9.